The van der Waals surface area contributed by atoms with Crippen LogP contribution in [0.15, 0.2) is 0 Å². The van der Waals surface area contributed by atoms with Crippen LogP contribution in [0.4, 0.5) is 0 Å². The molecule has 0 saturated heterocycles. The SMILES string of the molecule is CC(=O)OCCCCCCO[Si](C(C)C)(C(C)C)C(C)C. The van der Waals surface area contributed by atoms with E-state index in [1.165, 1.54) is 6.92 Å². The molecule has 0 fully saturated rings. The first-order valence-electron chi connectivity index (χ1n) is 8.52. The molecule has 0 rings (SSSR count). The molecule has 126 valence electrons. The molecular weight excluding hydrogens is 280 g/mol. The number of ether oxygens (including phenoxy) is 1. The predicted molar refractivity (Wildman–Crippen MR) is 92.1 cm³/mol. The topological polar surface area (TPSA) is 35.5 Å². The van der Waals surface area contributed by atoms with E-state index in [1.807, 2.05) is 0 Å². The highest BCUT2D eigenvalue weighted by atomic mass is 28.4. The molecule has 0 unspecified atom stereocenters. The first kappa shape index (κ1) is 20.6. The summed E-state index contributed by atoms with van der Waals surface area (Å²) in [4.78, 5) is 10.6. The van der Waals surface area contributed by atoms with Gasteiger partial charge in [-0.2, -0.15) is 0 Å². The summed E-state index contributed by atoms with van der Waals surface area (Å²) in [5.74, 6) is -0.181. The van der Waals surface area contributed by atoms with E-state index in [1.54, 1.807) is 0 Å². The summed E-state index contributed by atoms with van der Waals surface area (Å²) in [6.07, 6.45) is 4.33. The molecule has 0 aliphatic carbocycles. The second-order valence-electron chi connectivity index (χ2n) is 6.92. The van der Waals surface area contributed by atoms with Crippen LogP contribution in [-0.4, -0.2) is 27.5 Å². The normalized spacial score (nSPS) is 12.5. The molecule has 0 radical (unpaired) electrons. The average Bonchev–Trinajstić information content (AvgIpc) is 2.35. The largest absolute Gasteiger partial charge is 0.466 e. The van der Waals surface area contributed by atoms with Crippen molar-refractivity contribution in [3.63, 3.8) is 0 Å². The zero-order valence-corrected chi connectivity index (χ0v) is 16.2. The summed E-state index contributed by atoms with van der Waals surface area (Å²) in [6, 6.07) is 0. The van der Waals surface area contributed by atoms with E-state index in [2.05, 4.69) is 41.5 Å². The van der Waals surface area contributed by atoms with Crippen molar-refractivity contribution in [3.05, 3.63) is 0 Å². The first-order chi connectivity index (χ1) is 9.75. The van der Waals surface area contributed by atoms with Crippen molar-refractivity contribution < 1.29 is 14.0 Å². The van der Waals surface area contributed by atoms with Gasteiger partial charge in [-0.15, -0.1) is 0 Å². The van der Waals surface area contributed by atoms with Crippen molar-refractivity contribution in [2.24, 2.45) is 0 Å². The van der Waals surface area contributed by atoms with Crippen LogP contribution in [0.25, 0.3) is 0 Å². The molecule has 0 heterocycles. The van der Waals surface area contributed by atoms with E-state index in [4.69, 9.17) is 9.16 Å². The summed E-state index contributed by atoms with van der Waals surface area (Å²) in [6.45, 7) is 16.8. The van der Waals surface area contributed by atoms with Gasteiger partial charge in [-0.05, 0) is 35.9 Å². The zero-order valence-electron chi connectivity index (χ0n) is 15.2. The second-order valence-corrected chi connectivity index (χ2v) is 12.4. The van der Waals surface area contributed by atoms with Crippen LogP contribution in [0.3, 0.4) is 0 Å². The minimum absolute atomic E-state index is 0.181. The maximum Gasteiger partial charge on any atom is 0.302 e. The fraction of sp³-hybridized carbons (Fsp3) is 0.941. The maximum absolute atomic E-state index is 10.6. The Morgan fingerprint density at radius 3 is 1.62 bits per heavy atom. The average molecular weight is 317 g/mol. The molecule has 0 atom stereocenters. The molecule has 4 heteroatoms. The Morgan fingerprint density at radius 1 is 0.810 bits per heavy atom. The Labute approximate surface area is 132 Å². The van der Waals surface area contributed by atoms with E-state index in [0.717, 1.165) is 32.3 Å². The maximum atomic E-state index is 10.6. The first-order valence-corrected chi connectivity index (χ1v) is 10.7. The molecule has 0 aromatic heterocycles. The minimum atomic E-state index is -1.69. The van der Waals surface area contributed by atoms with Crippen LogP contribution in [0, 0.1) is 0 Å². The fourth-order valence-electron chi connectivity index (χ4n) is 3.52. The Balaban J connectivity index is 4.03. The van der Waals surface area contributed by atoms with Gasteiger partial charge in [0.1, 0.15) is 0 Å². The van der Waals surface area contributed by atoms with Crippen LogP contribution in [0.2, 0.25) is 16.6 Å². The summed E-state index contributed by atoms with van der Waals surface area (Å²) < 4.78 is 11.4. The van der Waals surface area contributed by atoms with E-state index in [9.17, 15) is 4.79 Å². The van der Waals surface area contributed by atoms with Gasteiger partial charge in [0.15, 0.2) is 8.32 Å². The molecule has 0 aliphatic heterocycles. The van der Waals surface area contributed by atoms with Gasteiger partial charge in [0.2, 0.25) is 0 Å². The standard InChI is InChI=1S/C17H36O3Si/c1-14(2)21(15(3)4,16(5)6)20-13-11-9-8-10-12-19-17(7)18/h14-16H,8-13H2,1-7H3. The number of hydrogen-bond donors (Lipinski definition) is 0. The van der Waals surface area contributed by atoms with Crippen LogP contribution in [-0.2, 0) is 14.0 Å². The van der Waals surface area contributed by atoms with Crippen molar-refractivity contribution in [1.29, 1.82) is 0 Å². The lowest BCUT2D eigenvalue weighted by molar-refractivity contribution is -0.141. The molecule has 0 spiro atoms. The van der Waals surface area contributed by atoms with Gasteiger partial charge in [-0.1, -0.05) is 48.0 Å². The lowest BCUT2D eigenvalue weighted by atomic mass is 10.2. The molecule has 21 heavy (non-hydrogen) atoms. The van der Waals surface area contributed by atoms with Gasteiger partial charge in [-0.3, -0.25) is 4.79 Å². The lowest BCUT2D eigenvalue weighted by Gasteiger charge is -2.42. The summed E-state index contributed by atoms with van der Waals surface area (Å²) in [5.41, 5.74) is 1.96. The van der Waals surface area contributed by atoms with Gasteiger partial charge >= 0.3 is 5.97 Å². The van der Waals surface area contributed by atoms with E-state index in [-0.39, 0.29) is 5.97 Å². The molecule has 0 amide bonds. The van der Waals surface area contributed by atoms with Crippen molar-refractivity contribution in [3.8, 4) is 0 Å². The molecule has 0 N–H and O–H groups in total. The minimum Gasteiger partial charge on any atom is -0.466 e. The third kappa shape index (κ3) is 6.96. The van der Waals surface area contributed by atoms with Crippen LogP contribution in [0.1, 0.15) is 74.1 Å². The third-order valence-electron chi connectivity index (χ3n) is 4.40. The summed E-state index contributed by atoms with van der Waals surface area (Å²) in [7, 11) is -1.69. The van der Waals surface area contributed by atoms with Crippen LogP contribution >= 0.6 is 0 Å². The molecule has 3 nitrogen and oxygen atoms in total. The predicted octanol–water partition coefficient (Wildman–Crippen LogP) is 5.30. The van der Waals surface area contributed by atoms with Gasteiger partial charge < -0.3 is 9.16 Å². The number of esters is 1. The van der Waals surface area contributed by atoms with Crippen LogP contribution < -0.4 is 0 Å². The van der Waals surface area contributed by atoms with Gasteiger partial charge in [-0.25, -0.2) is 0 Å². The molecular formula is C17H36O3Si. The Kier molecular flexibility index (Phi) is 10.2. The highest BCUT2D eigenvalue weighted by Crippen LogP contribution is 2.42. The highest BCUT2D eigenvalue weighted by Gasteiger charge is 2.44. The van der Waals surface area contributed by atoms with Crippen LogP contribution in [0.5, 0.6) is 0 Å². The quantitative estimate of drug-likeness (QED) is 0.295. The van der Waals surface area contributed by atoms with Gasteiger partial charge in [0, 0.05) is 13.5 Å². The molecule has 0 aromatic rings. The third-order valence-corrected chi connectivity index (χ3v) is 10.5. The van der Waals surface area contributed by atoms with Crippen molar-refractivity contribution >= 4 is 14.3 Å². The number of rotatable bonds is 11. The fourth-order valence-corrected chi connectivity index (χ4v) is 9.02. The number of carbonyl (C=O) groups is 1. The monoisotopic (exact) mass is 316 g/mol. The van der Waals surface area contributed by atoms with E-state index < -0.39 is 8.32 Å². The molecule has 0 bridgehead atoms. The Bertz CT molecular complexity index is 266. The van der Waals surface area contributed by atoms with Gasteiger partial charge in [0.05, 0.1) is 6.61 Å². The van der Waals surface area contributed by atoms with Gasteiger partial charge in [0.25, 0.3) is 0 Å². The van der Waals surface area contributed by atoms with E-state index >= 15 is 0 Å². The second kappa shape index (κ2) is 10.4. The molecule has 0 aromatic carbocycles. The molecule has 0 saturated carbocycles. The zero-order chi connectivity index (χ0) is 16.5. The molecule has 0 aliphatic rings. The number of carbonyl (C=O) groups excluding carboxylic acids is 1. The summed E-state index contributed by atoms with van der Waals surface area (Å²) in [5, 5.41) is 0. The van der Waals surface area contributed by atoms with E-state index in [0.29, 0.717) is 23.2 Å². The Morgan fingerprint density at radius 2 is 1.24 bits per heavy atom. The lowest BCUT2D eigenvalue weighted by Crippen LogP contribution is -2.47. The number of unbranched alkanes of at least 4 members (excludes halogenated alkanes) is 3. The van der Waals surface area contributed by atoms with Crippen molar-refractivity contribution in [2.75, 3.05) is 13.2 Å². The van der Waals surface area contributed by atoms with Crippen molar-refractivity contribution in [1.82, 2.24) is 0 Å². The smallest absolute Gasteiger partial charge is 0.302 e. The van der Waals surface area contributed by atoms with Crippen molar-refractivity contribution in [2.45, 2.75) is 90.8 Å². The summed E-state index contributed by atoms with van der Waals surface area (Å²) >= 11 is 0. The highest BCUT2D eigenvalue weighted by molar-refractivity contribution is 6.77. The Hall–Kier alpha value is -0.353. The number of hydrogen-bond acceptors (Lipinski definition) is 3.